The second-order valence-corrected chi connectivity index (χ2v) is 5.33. The van der Waals surface area contributed by atoms with Crippen molar-refractivity contribution in [3.05, 3.63) is 62.6 Å². The highest BCUT2D eigenvalue weighted by molar-refractivity contribution is 9.10. The van der Waals surface area contributed by atoms with E-state index in [0.29, 0.717) is 10.0 Å². The minimum absolute atomic E-state index is 0.0410. The van der Waals surface area contributed by atoms with Gasteiger partial charge in [-0.2, -0.15) is 0 Å². The van der Waals surface area contributed by atoms with Crippen LogP contribution in [0.15, 0.2) is 35.1 Å². The minimum Gasteiger partial charge on any atom is -0.271 e. The highest BCUT2D eigenvalue weighted by Gasteiger charge is 2.21. The molecule has 19 heavy (non-hydrogen) atoms. The van der Waals surface area contributed by atoms with Crippen LogP contribution in [0.4, 0.5) is 4.39 Å². The number of benzene rings is 1. The van der Waals surface area contributed by atoms with E-state index in [0.717, 1.165) is 11.1 Å². The zero-order valence-corrected chi connectivity index (χ0v) is 12.5. The summed E-state index contributed by atoms with van der Waals surface area (Å²) in [5.74, 6) is 5.07. The van der Waals surface area contributed by atoms with E-state index in [4.69, 9.17) is 17.4 Å². The van der Waals surface area contributed by atoms with Gasteiger partial charge in [0.25, 0.3) is 0 Å². The molecule has 1 aromatic carbocycles. The molecule has 2 rings (SSSR count). The van der Waals surface area contributed by atoms with Crippen molar-refractivity contribution < 1.29 is 4.39 Å². The first-order valence-corrected chi connectivity index (χ1v) is 6.73. The number of aryl methyl sites for hydroxylation is 1. The van der Waals surface area contributed by atoms with Crippen LogP contribution < -0.4 is 11.3 Å². The lowest BCUT2D eigenvalue weighted by Crippen LogP contribution is -2.30. The largest absolute Gasteiger partial charge is 0.271 e. The van der Waals surface area contributed by atoms with E-state index >= 15 is 0 Å². The predicted octanol–water partition coefficient (Wildman–Crippen LogP) is 3.50. The molecule has 3 N–H and O–H groups in total. The lowest BCUT2D eigenvalue weighted by molar-refractivity contribution is 0.557. The molecule has 1 aromatic heterocycles. The summed E-state index contributed by atoms with van der Waals surface area (Å²) in [4.78, 5) is 4.05. The van der Waals surface area contributed by atoms with Gasteiger partial charge in [-0.3, -0.25) is 10.8 Å². The highest BCUT2D eigenvalue weighted by atomic mass is 79.9. The van der Waals surface area contributed by atoms with Crippen LogP contribution >= 0.6 is 27.5 Å². The standard InChI is InChI=1S/C13H12BrClFN3/c1-7-4-5-18-6-9(7)13(19-17)8-2-3-10(14)11(15)12(8)16/h2-6,13,19H,17H2,1H3. The van der Waals surface area contributed by atoms with Crippen molar-refractivity contribution in [2.45, 2.75) is 13.0 Å². The fourth-order valence-corrected chi connectivity index (χ4v) is 2.37. The van der Waals surface area contributed by atoms with Crippen LogP contribution in [0.25, 0.3) is 0 Å². The van der Waals surface area contributed by atoms with E-state index in [1.165, 1.54) is 0 Å². The zero-order chi connectivity index (χ0) is 14.0. The lowest BCUT2D eigenvalue weighted by atomic mass is 9.97. The minimum atomic E-state index is -0.501. The molecule has 0 spiro atoms. The first kappa shape index (κ1) is 14.4. The lowest BCUT2D eigenvalue weighted by Gasteiger charge is -2.19. The van der Waals surface area contributed by atoms with Crippen LogP contribution in [0.5, 0.6) is 0 Å². The molecule has 0 aliphatic carbocycles. The maximum atomic E-state index is 14.2. The van der Waals surface area contributed by atoms with E-state index in [1.54, 1.807) is 24.5 Å². The van der Waals surface area contributed by atoms with Gasteiger partial charge in [-0.25, -0.2) is 9.82 Å². The molecule has 1 atom stereocenters. The van der Waals surface area contributed by atoms with Crippen LogP contribution in [0.3, 0.4) is 0 Å². The quantitative estimate of drug-likeness (QED) is 0.509. The summed E-state index contributed by atoms with van der Waals surface area (Å²) in [6.07, 6.45) is 3.34. The molecule has 0 aliphatic heterocycles. The first-order valence-electron chi connectivity index (χ1n) is 5.56. The number of nitrogens with one attached hydrogen (secondary N) is 1. The Morgan fingerprint density at radius 3 is 2.74 bits per heavy atom. The molecule has 0 saturated heterocycles. The van der Waals surface area contributed by atoms with Gasteiger partial charge in [-0.15, -0.1) is 0 Å². The van der Waals surface area contributed by atoms with Gasteiger partial charge in [0.1, 0.15) is 5.82 Å². The van der Waals surface area contributed by atoms with Crippen molar-refractivity contribution in [2.24, 2.45) is 5.84 Å². The van der Waals surface area contributed by atoms with Crippen molar-refractivity contribution in [2.75, 3.05) is 0 Å². The van der Waals surface area contributed by atoms with Gasteiger partial charge in [-0.05, 0) is 46.1 Å². The van der Waals surface area contributed by atoms with Crippen LogP contribution in [0.2, 0.25) is 5.02 Å². The third kappa shape index (κ3) is 2.79. The fourth-order valence-electron chi connectivity index (χ4n) is 1.89. The Balaban J connectivity index is 2.55. The molecule has 2 aromatic rings. The molecule has 1 heterocycles. The Morgan fingerprint density at radius 2 is 2.11 bits per heavy atom. The monoisotopic (exact) mass is 343 g/mol. The Hall–Kier alpha value is -1.01. The summed E-state index contributed by atoms with van der Waals surface area (Å²) in [5, 5.41) is 0.0410. The third-order valence-electron chi connectivity index (χ3n) is 2.93. The summed E-state index contributed by atoms with van der Waals surface area (Å²) in [5.41, 5.74) is 4.77. The van der Waals surface area contributed by atoms with Crippen molar-refractivity contribution in [1.82, 2.24) is 10.4 Å². The van der Waals surface area contributed by atoms with Crippen LogP contribution in [0.1, 0.15) is 22.7 Å². The number of aromatic nitrogens is 1. The Labute approximate surface area is 124 Å². The van der Waals surface area contributed by atoms with Crippen molar-refractivity contribution in [1.29, 1.82) is 0 Å². The molecular weight excluding hydrogens is 333 g/mol. The smallest absolute Gasteiger partial charge is 0.148 e. The topological polar surface area (TPSA) is 50.9 Å². The molecule has 0 bridgehead atoms. The number of rotatable bonds is 3. The van der Waals surface area contributed by atoms with Gasteiger partial charge in [0.05, 0.1) is 11.1 Å². The summed E-state index contributed by atoms with van der Waals surface area (Å²) >= 11 is 9.09. The van der Waals surface area contributed by atoms with Crippen LogP contribution in [-0.2, 0) is 0 Å². The molecule has 100 valence electrons. The predicted molar refractivity (Wildman–Crippen MR) is 77.3 cm³/mol. The molecule has 1 unspecified atom stereocenters. The molecule has 0 radical (unpaired) electrons. The highest BCUT2D eigenvalue weighted by Crippen LogP contribution is 2.33. The average molecular weight is 345 g/mol. The molecule has 0 amide bonds. The number of hydrazine groups is 1. The maximum Gasteiger partial charge on any atom is 0.148 e. The van der Waals surface area contributed by atoms with Crippen molar-refractivity contribution in [3.63, 3.8) is 0 Å². The number of hydrogen-bond acceptors (Lipinski definition) is 3. The number of halogens is 3. The molecule has 3 nitrogen and oxygen atoms in total. The number of nitrogens with zero attached hydrogens (tertiary/aromatic N) is 1. The first-order chi connectivity index (χ1) is 9.06. The van der Waals surface area contributed by atoms with E-state index in [2.05, 4.69) is 26.3 Å². The second kappa shape index (κ2) is 5.96. The summed E-state index contributed by atoms with van der Waals surface area (Å²) < 4.78 is 14.7. The maximum absolute atomic E-state index is 14.2. The van der Waals surface area contributed by atoms with Gasteiger partial charge >= 0.3 is 0 Å². The van der Waals surface area contributed by atoms with Gasteiger partial charge < -0.3 is 0 Å². The molecular formula is C13H12BrClFN3. The van der Waals surface area contributed by atoms with E-state index in [-0.39, 0.29) is 5.02 Å². The van der Waals surface area contributed by atoms with E-state index < -0.39 is 11.9 Å². The third-order valence-corrected chi connectivity index (χ3v) is 4.19. The summed E-state index contributed by atoms with van der Waals surface area (Å²) in [6, 6.07) is 4.68. The van der Waals surface area contributed by atoms with Gasteiger partial charge in [0, 0.05) is 22.4 Å². The second-order valence-electron chi connectivity index (χ2n) is 4.10. The van der Waals surface area contributed by atoms with E-state index in [1.807, 2.05) is 13.0 Å². The summed E-state index contributed by atoms with van der Waals surface area (Å²) in [6.45, 7) is 1.92. The fraction of sp³-hybridized carbons (Fsp3) is 0.154. The summed E-state index contributed by atoms with van der Waals surface area (Å²) in [7, 11) is 0. The Morgan fingerprint density at radius 1 is 1.37 bits per heavy atom. The van der Waals surface area contributed by atoms with Crippen LogP contribution in [0, 0.1) is 12.7 Å². The number of hydrogen-bond donors (Lipinski definition) is 2. The molecule has 0 fully saturated rings. The molecule has 6 heteroatoms. The van der Waals surface area contributed by atoms with E-state index in [9.17, 15) is 4.39 Å². The number of pyridine rings is 1. The Kier molecular flexibility index (Phi) is 4.52. The number of nitrogens with two attached hydrogens (primary N) is 1. The Bertz CT molecular complexity index is 606. The van der Waals surface area contributed by atoms with Crippen LogP contribution in [-0.4, -0.2) is 4.98 Å². The van der Waals surface area contributed by atoms with Gasteiger partial charge in [0.2, 0.25) is 0 Å². The van der Waals surface area contributed by atoms with Gasteiger partial charge in [-0.1, -0.05) is 17.7 Å². The molecule has 0 aliphatic rings. The van der Waals surface area contributed by atoms with Crippen molar-refractivity contribution in [3.8, 4) is 0 Å². The normalized spacial score (nSPS) is 12.5. The average Bonchev–Trinajstić information content (AvgIpc) is 2.41. The SMILES string of the molecule is Cc1ccncc1C(NN)c1ccc(Br)c(Cl)c1F. The van der Waals surface area contributed by atoms with Gasteiger partial charge in [0.15, 0.2) is 0 Å². The molecule has 0 saturated carbocycles. The zero-order valence-electron chi connectivity index (χ0n) is 10.1. The van der Waals surface area contributed by atoms with Crippen molar-refractivity contribution >= 4 is 27.5 Å².